The largest absolute Gasteiger partial charge is 1.00 e. The molecule has 0 N–H and O–H groups in total. The van der Waals surface area contributed by atoms with Crippen molar-refractivity contribution in [2.45, 2.75) is 122 Å². The molecule has 3 aliphatic heterocycles. The Kier molecular flexibility index (Phi) is 14.5. The third-order valence-corrected chi connectivity index (χ3v) is 7.27. The zero-order chi connectivity index (χ0) is 17.6. The van der Waals surface area contributed by atoms with Crippen LogP contribution in [0.1, 0.15) is 122 Å². The van der Waals surface area contributed by atoms with Gasteiger partial charge in [-0.15, -0.1) is 0 Å². The fourth-order valence-corrected chi connectivity index (χ4v) is 5.29. The molecule has 0 aromatic heterocycles. The predicted octanol–water partition coefficient (Wildman–Crippen LogP) is 4.49. The maximum atomic E-state index is 2.30. The number of nitrogens with zero attached hydrogens (tertiary/aromatic N) is 1. The molecular formula is C24H48BrN. The van der Waals surface area contributed by atoms with E-state index in [1.165, 1.54) is 127 Å². The molecule has 0 atom stereocenters. The van der Waals surface area contributed by atoms with Crippen molar-refractivity contribution in [3.05, 3.63) is 0 Å². The van der Waals surface area contributed by atoms with Crippen LogP contribution in [0.25, 0.3) is 0 Å². The number of hydrogen-bond acceptors (Lipinski definition) is 0. The first-order chi connectivity index (χ1) is 12.3. The molecule has 3 rings (SSSR count). The number of unbranched alkanes of at least 4 members (excludes halogenated alkanes) is 14. The molecule has 0 amide bonds. The SMILES string of the molecule is CCCCCCCCCCCCCCCCC[N+]12CCC(CC1)CC2.[Br-]. The van der Waals surface area contributed by atoms with E-state index in [0.29, 0.717) is 0 Å². The van der Waals surface area contributed by atoms with E-state index in [2.05, 4.69) is 6.92 Å². The van der Waals surface area contributed by atoms with E-state index in [-0.39, 0.29) is 17.0 Å². The van der Waals surface area contributed by atoms with Crippen molar-refractivity contribution < 1.29 is 21.5 Å². The summed E-state index contributed by atoms with van der Waals surface area (Å²) in [6.45, 7) is 8.36. The van der Waals surface area contributed by atoms with Crippen molar-refractivity contribution in [1.82, 2.24) is 0 Å². The zero-order valence-electron chi connectivity index (χ0n) is 18.0. The van der Waals surface area contributed by atoms with Gasteiger partial charge >= 0.3 is 0 Å². The van der Waals surface area contributed by atoms with Gasteiger partial charge in [-0.3, -0.25) is 0 Å². The minimum Gasteiger partial charge on any atom is -1.00 e. The van der Waals surface area contributed by atoms with Crippen LogP contribution in [0, 0.1) is 5.92 Å². The maximum absolute atomic E-state index is 2.30. The Labute approximate surface area is 176 Å². The Morgan fingerprint density at radius 1 is 0.538 bits per heavy atom. The van der Waals surface area contributed by atoms with Crippen molar-refractivity contribution in [1.29, 1.82) is 0 Å². The summed E-state index contributed by atoms with van der Waals surface area (Å²) in [6.07, 6.45) is 26.9. The first-order valence-corrected chi connectivity index (χ1v) is 12.2. The predicted molar refractivity (Wildman–Crippen MR) is 112 cm³/mol. The van der Waals surface area contributed by atoms with Gasteiger partial charge in [0.1, 0.15) is 0 Å². The lowest BCUT2D eigenvalue weighted by Gasteiger charge is -2.49. The van der Waals surface area contributed by atoms with E-state index in [1.54, 1.807) is 19.3 Å². The van der Waals surface area contributed by atoms with Gasteiger partial charge in [0, 0.05) is 0 Å². The minimum atomic E-state index is 0. The van der Waals surface area contributed by atoms with Crippen LogP contribution in [0.15, 0.2) is 0 Å². The van der Waals surface area contributed by atoms with Crippen LogP contribution >= 0.6 is 0 Å². The number of fused-ring (bicyclic) bond motifs is 3. The lowest BCUT2D eigenvalue weighted by molar-refractivity contribution is -0.942. The van der Waals surface area contributed by atoms with Gasteiger partial charge in [-0.1, -0.05) is 90.4 Å². The Balaban J connectivity index is 0.00000338. The normalized spacial score (nSPS) is 24.6. The molecule has 3 heterocycles. The van der Waals surface area contributed by atoms with Gasteiger partial charge in [-0.25, -0.2) is 0 Å². The monoisotopic (exact) mass is 429 g/mol. The summed E-state index contributed by atoms with van der Waals surface area (Å²) < 4.78 is 1.51. The molecule has 26 heavy (non-hydrogen) atoms. The Bertz CT molecular complexity index is 296. The highest BCUT2D eigenvalue weighted by atomic mass is 79.9. The molecule has 0 radical (unpaired) electrons. The molecule has 3 aliphatic rings. The molecule has 0 unspecified atom stereocenters. The summed E-state index contributed by atoms with van der Waals surface area (Å²) in [5, 5.41) is 0. The van der Waals surface area contributed by atoms with Crippen molar-refractivity contribution in [2.75, 3.05) is 26.2 Å². The summed E-state index contributed by atoms with van der Waals surface area (Å²) in [5.74, 6) is 1.11. The second-order valence-corrected chi connectivity index (χ2v) is 9.42. The fraction of sp³-hybridized carbons (Fsp3) is 1.00. The van der Waals surface area contributed by atoms with Gasteiger partial charge in [-0.05, 0) is 38.0 Å². The minimum absolute atomic E-state index is 0. The quantitative estimate of drug-likeness (QED) is 0.250. The topological polar surface area (TPSA) is 0 Å². The molecule has 0 aromatic carbocycles. The van der Waals surface area contributed by atoms with E-state index < -0.39 is 0 Å². The Morgan fingerprint density at radius 2 is 0.885 bits per heavy atom. The summed E-state index contributed by atoms with van der Waals surface area (Å²) >= 11 is 0. The lowest BCUT2D eigenvalue weighted by Crippen LogP contribution is -3.00. The van der Waals surface area contributed by atoms with E-state index in [4.69, 9.17) is 0 Å². The molecule has 0 aromatic rings. The first-order valence-electron chi connectivity index (χ1n) is 12.2. The molecule has 1 nitrogen and oxygen atoms in total. The zero-order valence-corrected chi connectivity index (χ0v) is 19.5. The second-order valence-electron chi connectivity index (χ2n) is 9.42. The number of rotatable bonds is 16. The molecule has 0 saturated carbocycles. The van der Waals surface area contributed by atoms with Crippen LogP contribution in [0.4, 0.5) is 0 Å². The van der Waals surface area contributed by atoms with Crippen molar-refractivity contribution in [2.24, 2.45) is 5.92 Å². The summed E-state index contributed by atoms with van der Waals surface area (Å²) in [5.41, 5.74) is 0. The fourth-order valence-electron chi connectivity index (χ4n) is 5.29. The highest BCUT2D eigenvalue weighted by molar-refractivity contribution is 4.71. The average molecular weight is 431 g/mol. The van der Waals surface area contributed by atoms with E-state index >= 15 is 0 Å². The number of hydrogen-bond donors (Lipinski definition) is 0. The molecule has 2 heteroatoms. The summed E-state index contributed by atoms with van der Waals surface area (Å²) in [4.78, 5) is 0. The van der Waals surface area contributed by atoms with Gasteiger partial charge < -0.3 is 21.5 Å². The van der Waals surface area contributed by atoms with Gasteiger partial charge in [-0.2, -0.15) is 0 Å². The number of halogens is 1. The smallest absolute Gasteiger partial charge is 0.0789 e. The molecule has 0 spiro atoms. The van der Waals surface area contributed by atoms with E-state index in [0.717, 1.165) is 5.92 Å². The second kappa shape index (κ2) is 15.4. The van der Waals surface area contributed by atoms with Gasteiger partial charge in [0.05, 0.1) is 26.2 Å². The Morgan fingerprint density at radius 3 is 1.27 bits per heavy atom. The van der Waals surface area contributed by atoms with Gasteiger partial charge in [0.25, 0.3) is 0 Å². The molecule has 2 bridgehead atoms. The molecule has 3 saturated heterocycles. The summed E-state index contributed by atoms with van der Waals surface area (Å²) in [7, 11) is 0. The van der Waals surface area contributed by atoms with Crippen LogP contribution < -0.4 is 17.0 Å². The molecule has 156 valence electrons. The third-order valence-electron chi connectivity index (χ3n) is 7.27. The third kappa shape index (κ3) is 10.1. The maximum Gasteiger partial charge on any atom is 0.0789 e. The summed E-state index contributed by atoms with van der Waals surface area (Å²) in [6, 6.07) is 0. The van der Waals surface area contributed by atoms with E-state index in [1.807, 2.05) is 0 Å². The van der Waals surface area contributed by atoms with Crippen LogP contribution in [0.2, 0.25) is 0 Å². The van der Waals surface area contributed by atoms with E-state index in [9.17, 15) is 0 Å². The lowest BCUT2D eigenvalue weighted by atomic mass is 9.85. The number of piperidine rings is 3. The standard InChI is InChI=1S/C24H48N.BrH/c1-2-3-4-5-6-7-8-9-10-11-12-13-14-15-16-20-25-21-17-24(18-22-25)19-23-25;/h24H,2-23H2,1H3;1H/q+1;/p-1. The Hall–Kier alpha value is 0.440. The first kappa shape index (κ1) is 24.5. The molecule has 3 fully saturated rings. The number of quaternary nitrogens is 1. The molecule has 0 aliphatic carbocycles. The molecular weight excluding hydrogens is 382 g/mol. The van der Waals surface area contributed by atoms with Crippen molar-refractivity contribution in [3.8, 4) is 0 Å². The van der Waals surface area contributed by atoms with Crippen molar-refractivity contribution in [3.63, 3.8) is 0 Å². The highest BCUT2D eigenvalue weighted by Gasteiger charge is 2.38. The van der Waals surface area contributed by atoms with Crippen LogP contribution in [-0.4, -0.2) is 30.7 Å². The van der Waals surface area contributed by atoms with Crippen LogP contribution in [0.3, 0.4) is 0 Å². The van der Waals surface area contributed by atoms with Crippen LogP contribution in [-0.2, 0) is 0 Å². The van der Waals surface area contributed by atoms with Gasteiger partial charge in [0.15, 0.2) is 0 Å². The van der Waals surface area contributed by atoms with Crippen molar-refractivity contribution >= 4 is 0 Å². The highest BCUT2D eigenvalue weighted by Crippen LogP contribution is 2.33. The van der Waals surface area contributed by atoms with Gasteiger partial charge in [0.2, 0.25) is 0 Å². The van der Waals surface area contributed by atoms with Crippen LogP contribution in [0.5, 0.6) is 0 Å². The average Bonchev–Trinajstić information content (AvgIpc) is 2.66.